The van der Waals surface area contributed by atoms with E-state index in [0.717, 1.165) is 27.2 Å². The van der Waals surface area contributed by atoms with Crippen LogP contribution in [0.2, 0.25) is 0 Å². The van der Waals surface area contributed by atoms with Gasteiger partial charge in [-0.2, -0.15) is 18.2 Å². The standard InChI is InChI=1S/C35H42F3N5O6S/c1-7-8-17-42(32(45)49-33(4,5)6)43-25(20-34(15-16-34)35(36,37)38)21-48-28-19-27(29-22(2)11-9-12-23(29)3)39-31(40-28)41-50(46,47)26-14-10-13-24(18-26)30(43)44/h9-14,18-19,25H,7-8,15-17,20-21H2,1-6H3,(H,39,40,41)/t25-/m1/s1. The topological polar surface area (TPSA) is 131 Å². The maximum Gasteiger partial charge on any atom is 0.429 e. The number of anilines is 1. The number of carbonyl (C=O) groups is 2. The van der Waals surface area contributed by atoms with E-state index in [4.69, 9.17) is 9.47 Å². The van der Waals surface area contributed by atoms with Crippen LogP contribution in [0.3, 0.4) is 0 Å². The van der Waals surface area contributed by atoms with Gasteiger partial charge in [0.25, 0.3) is 15.9 Å². The Morgan fingerprint density at radius 1 is 1.08 bits per heavy atom. The van der Waals surface area contributed by atoms with Crippen LogP contribution in [0.1, 0.15) is 81.3 Å². The molecule has 0 saturated heterocycles. The van der Waals surface area contributed by atoms with Gasteiger partial charge in [0, 0.05) is 23.7 Å². The summed E-state index contributed by atoms with van der Waals surface area (Å²) >= 11 is 0. The van der Waals surface area contributed by atoms with Gasteiger partial charge in [0.1, 0.15) is 12.2 Å². The lowest BCUT2D eigenvalue weighted by atomic mass is 9.95. The first-order chi connectivity index (χ1) is 23.3. The summed E-state index contributed by atoms with van der Waals surface area (Å²) in [6.45, 7) is 9.89. The van der Waals surface area contributed by atoms with Crippen LogP contribution in [-0.2, 0) is 14.8 Å². The van der Waals surface area contributed by atoms with E-state index in [9.17, 15) is 31.2 Å². The van der Waals surface area contributed by atoms with Gasteiger partial charge in [0.2, 0.25) is 11.8 Å². The number of hydrazine groups is 1. The molecule has 1 aromatic heterocycles. The minimum atomic E-state index is -4.60. The van der Waals surface area contributed by atoms with Crippen molar-refractivity contribution < 1.29 is 40.7 Å². The first-order valence-corrected chi connectivity index (χ1v) is 17.9. The van der Waals surface area contributed by atoms with Gasteiger partial charge in [-0.15, -0.1) is 0 Å². The number of aromatic nitrogens is 2. The van der Waals surface area contributed by atoms with Crippen LogP contribution in [0, 0.1) is 19.3 Å². The molecule has 1 aliphatic heterocycles. The monoisotopic (exact) mass is 717 g/mol. The van der Waals surface area contributed by atoms with E-state index in [0.29, 0.717) is 24.1 Å². The number of unbranched alkanes of at least 4 members (excludes halogenated alkanes) is 1. The molecular weight excluding hydrogens is 675 g/mol. The number of carbonyl (C=O) groups excluding carboxylic acids is 2. The Hall–Kier alpha value is -4.40. The number of hydrogen-bond donors (Lipinski definition) is 1. The summed E-state index contributed by atoms with van der Waals surface area (Å²) < 4.78 is 85.2. The van der Waals surface area contributed by atoms with Crippen molar-refractivity contribution >= 4 is 28.0 Å². The van der Waals surface area contributed by atoms with Crippen molar-refractivity contribution in [1.82, 2.24) is 20.0 Å². The highest BCUT2D eigenvalue weighted by atomic mass is 32.2. The molecule has 0 unspecified atom stereocenters. The predicted octanol–water partition coefficient (Wildman–Crippen LogP) is 7.45. The minimum absolute atomic E-state index is 0.0689. The first kappa shape index (κ1) is 36.9. The Kier molecular flexibility index (Phi) is 10.1. The molecule has 2 aliphatic rings. The zero-order chi connectivity index (χ0) is 36.6. The summed E-state index contributed by atoms with van der Waals surface area (Å²) in [6.07, 6.45) is -5.50. The number of nitrogens with one attached hydrogen (secondary N) is 1. The SMILES string of the molecule is CCCCN(C(=O)OC(C)(C)C)N1C(=O)c2cccc(c2)S(=O)(=O)Nc2nc(cc(-c3c(C)cccc3C)n2)OC[C@H]1CC1(C(F)(F)F)CC1. The lowest BCUT2D eigenvalue weighted by Gasteiger charge is -2.41. The fraction of sp³-hybridized carbons (Fsp3) is 0.486. The maximum absolute atomic E-state index is 14.6. The summed E-state index contributed by atoms with van der Waals surface area (Å²) in [5, 5.41) is 1.98. The smallest absolute Gasteiger partial charge is 0.429 e. The van der Waals surface area contributed by atoms with Crippen molar-refractivity contribution in [2.24, 2.45) is 5.41 Å². The fourth-order valence-electron chi connectivity index (χ4n) is 5.98. The first-order valence-electron chi connectivity index (χ1n) is 16.5. The minimum Gasteiger partial charge on any atom is -0.475 e. The Morgan fingerprint density at radius 3 is 2.34 bits per heavy atom. The summed E-state index contributed by atoms with van der Waals surface area (Å²) in [4.78, 5) is 36.8. The quantitative estimate of drug-likeness (QED) is 0.267. The lowest BCUT2D eigenvalue weighted by Crippen LogP contribution is -2.58. The Bertz CT molecular complexity index is 1850. The maximum atomic E-state index is 14.6. The van der Waals surface area contributed by atoms with E-state index in [1.807, 2.05) is 39.0 Å². The molecule has 2 aromatic carbocycles. The summed E-state index contributed by atoms with van der Waals surface area (Å²) in [6, 6.07) is 10.7. The third-order valence-corrected chi connectivity index (χ3v) is 10.0. The second-order valence-electron chi connectivity index (χ2n) is 13.9. The van der Waals surface area contributed by atoms with Gasteiger partial charge in [-0.25, -0.2) is 32.9 Å². The Morgan fingerprint density at radius 2 is 1.74 bits per heavy atom. The van der Waals surface area contributed by atoms with Crippen LogP contribution >= 0.6 is 0 Å². The van der Waals surface area contributed by atoms with Gasteiger partial charge in [-0.1, -0.05) is 37.6 Å². The zero-order valence-electron chi connectivity index (χ0n) is 28.9. The van der Waals surface area contributed by atoms with E-state index >= 15 is 0 Å². The number of halogens is 3. The molecule has 2 heterocycles. The van der Waals surface area contributed by atoms with Gasteiger partial charge in [0.15, 0.2) is 0 Å². The second-order valence-corrected chi connectivity index (χ2v) is 15.6. The second kappa shape index (κ2) is 13.7. The number of amides is 2. The van der Waals surface area contributed by atoms with Gasteiger partial charge >= 0.3 is 12.3 Å². The van der Waals surface area contributed by atoms with Crippen molar-refractivity contribution in [3.63, 3.8) is 0 Å². The molecule has 4 bridgehead atoms. The normalized spacial score (nSPS) is 18.5. The molecule has 1 fully saturated rings. The summed E-state index contributed by atoms with van der Waals surface area (Å²) in [5.74, 6) is -1.38. The number of sulfonamides is 1. The van der Waals surface area contributed by atoms with Crippen molar-refractivity contribution in [2.45, 2.75) is 96.4 Å². The molecule has 1 N–H and O–H groups in total. The molecule has 50 heavy (non-hydrogen) atoms. The largest absolute Gasteiger partial charge is 0.475 e. The lowest BCUT2D eigenvalue weighted by molar-refractivity contribution is -0.195. The predicted molar refractivity (Wildman–Crippen MR) is 180 cm³/mol. The van der Waals surface area contributed by atoms with E-state index in [1.165, 1.54) is 24.3 Å². The van der Waals surface area contributed by atoms with E-state index in [-0.39, 0.29) is 41.7 Å². The Balaban J connectivity index is 1.73. The van der Waals surface area contributed by atoms with Crippen LogP contribution in [0.5, 0.6) is 5.88 Å². The van der Waals surface area contributed by atoms with Crippen LogP contribution < -0.4 is 9.46 Å². The molecule has 270 valence electrons. The van der Waals surface area contributed by atoms with Gasteiger partial charge in [0.05, 0.1) is 22.0 Å². The molecule has 11 nitrogen and oxygen atoms in total. The number of benzene rings is 2. The molecule has 1 aliphatic carbocycles. The number of alkyl halides is 3. The number of fused-ring (bicyclic) bond motifs is 4. The number of nitrogens with zero attached hydrogens (tertiary/aromatic N) is 4. The van der Waals surface area contributed by atoms with Crippen LogP contribution in [0.25, 0.3) is 11.3 Å². The van der Waals surface area contributed by atoms with Gasteiger partial charge in [-0.3, -0.25) is 4.79 Å². The Labute approximate surface area is 290 Å². The molecule has 3 aromatic rings. The van der Waals surface area contributed by atoms with Crippen molar-refractivity contribution in [3.05, 3.63) is 65.2 Å². The van der Waals surface area contributed by atoms with Crippen LogP contribution in [0.4, 0.5) is 23.9 Å². The van der Waals surface area contributed by atoms with Crippen molar-refractivity contribution in [3.8, 4) is 17.1 Å². The van der Waals surface area contributed by atoms with E-state index in [1.54, 1.807) is 20.8 Å². The van der Waals surface area contributed by atoms with Gasteiger partial charge < -0.3 is 9.47 Å². The number of ether oxygens (including phenoxy) is 2. The average Bonchev–Trinajstić information content (AvgIpc) is 3.81. The molecular formula is C35H42F3N5O6S. The average molecular weight is 718 g/mol. The molecule has 0 spiro atoms. The van der Waals surface area contributed by atoms with Crippen LogP contribution in [-0.4, -0.2) is 71.4 Å². The number of rotatable bonds is 7. The fourth-order valence-corrected chi connectivity index (χ4v) is 6.97. The molecule has 5 rings (SSSR count). The molecule has 2 amide bonds. The number of aryl methyl sites for hydroxylation is 2. The van der Waals surface area contributed by atoms with Crippen LogP contribution in [0.15, 0.2) is 53.4 Å². The third-order valence-electron chi connectivity index (χ3n) is 8.70. The highest BCUT2D eigenvalue weighted by Gasteiger charge is 2.64. The summed E-state index contributed by atoms with van der Waals surface area (Å²) in [5.41, 5.74) is -0.658. The molecule has 1 atom stereocenters. The third kappa shape index (κ3) is 7.98. The molecule has 0 radical (unpaired) electrons. The highest BCUT2D eigenvalue weighted by Crippen LogP contribution is 2.61. The van der Waals surface area contributed by atoms with Crippen molar-refractivity contribution in [1.29, 1.82) is 0 Å². The van der Waals surface area contributed by atoms with E-state index in [2.05, 4.69) is 14.7 Å². The molecule has 1 saturated carbocycles. The van der Waals surface area contributed by atoms with Gasteiger partial charge in [-0.05, 0) is 89.6 Å². The highest BCUT2D eigenvalue weighted by molar-refractivity contribution is 7.92. The summed E-state index contributed by atoms with van der Waals surface area (Å²) in [7, 11) is -4.40. The van der Waals surface area contributed by atoms with E-state index < -0.39 is 58.3 Å². The molecule has 15 heteroatoms. The number of hydrogen-bond acceptors (Lipinski definition) is 8. The zero-order valence-corrected chi connectivity index (χ0v) is 29.7. The van der Waals surface area contributed by atoms with Crippen molar-refractivity contribution in [2.75, 3.05) is 17.9 Å².